The molecule has 0 unspecified atom stereocenters. The van der Waals surface area contributed by atoms with Crippen LogP contribution >= 0.6 is 15.9 Å². The monoisotopic (exact) mass is 412 g/mol. The Kier molecular flexibility index (Phi) is 12.0. The zero-order chi connectivity index (χ0) is 18.3. The summed E-state index contributed by atoms with van der Waals surface area (Å²) in [5.41, 5.74) is 0.900. The predicted octanol–water partition coefficient (Wildman–Crippen LogP) is 5.57. The average molecular weight is 413 g/mol. The van der Waals surface area contributed by atoms with E-state index in [-0.39, 0.29) is 31.4 Å². The lowest BCUT2D eigenvalue weighted by atomic mass is 10.1. The average Bonchev–Trinajstić information content (AvgIpc) is 2.61. The molecule has 0 atom stereocenters. The van der Waals surface area contributed by atoms with Crippen molar-refractivity contribution in [2.45, 2.75) is 71.3 Å². The van der Waals surface area contributed by atoms with Crippen LogP contribution in [0.4, 0.5) is 0 Å². The van der Waals surface area contributed by atoms with E-state index in [0.29, 0.717) is 6.61 Å². The molecule has 0 aliphatic carbocycles. The Labute approximate surface area is 159 Å². The smallest absolute Gasteiger partial charge is 0.306 e. The van der Waals surface area contributed by atoms with Crippen LogP contribution in [0.3, 0.4) is 0 Å². The van der Waals surface area contributed by atoms with E-state index in [1.807, 2.05) is 24.3 Å². The van der Waals surface area contributed by atoms with Gasteiger partial charge in [-0.05, 0) is 12.5 Å². The maximum atomic E-state index is 11.7. The Balaban J connectivity index is 2.02. The molecule has 0 aromatic heterocycles. The Morgan fingerprint density at radius 1 is 0.880 bits per heavy atom. The third-order valence-corrected chi connectivity index (χ3v) is 4.66. The molecule has 0 saturated heterocycles. The van der Waals surface area contributed by atoms with Crippen molar-refractivity contribution in [1.82, 2.24) is 0 Å². The molecule has 0 aliphatic heterocycles. The van der Waals surface area contributed by atoms with Gasteiger partial charge < -0.3 is 9.47 Å². The van der Waals surface area contributed by atoms with Crippen molar-refractivity contribution in [1.29, 1.82) is 0 Å². The lowest BCUT2D eigenvalue weighted by molar-refractivity contribution is -0.151. The van der Waals surface area contributed by atoms with Crippen LogP contribution in [0.15, 0.2) is 28.7 Å². The minimum absolute atomic E-state index is 0.0559. The van der Waals surface area contributed by atoms with E-state index >= 15 is 0 Å². The maximum Gasteiger partial charge on any atom is 0.306 e. The number of unbranched alkanes of at least 4 members (excludes halogenated alkanes) is 6. The molecule has 0 spiro atoms. The zero-order valence-electron chi connectivity index (χ0n) is 15.1. The first-order chi connectivity index (χ1) is 12.1. The van der Waals surface area contributed by atoms with Crippen molar-refractivity contribution in [2.24, 2.45) is 0 Å². The first kappa shape index (κ1) is 21.7. The molecule has 0 bridgehead atoms. The topological polar surface area (TPSA) is 52.6 Å². The molecule has 0 heterocycles. The van der Waals surface area contributed by atoms with Crippen LogP contribution in [0.25, 0.3) is 0 Å². The SMILES string of the molecule is CCCCCCCCCOC(=O)CCC(=O)OCc1ccccc1Br. The molecule has 0 N–H and O–H groups in total. The second-order valence-corrected chi connectivity index (χ2v) is 6.95. The highest BCUT2D eigenvalue weighted by molar-refractivity contribution is 9.10. The third kappa shape index (κ3) is 11.0. The molecule has 1 aromatic rings. The lowest BCUT2D eigenvalue weighted by Crippen LogP contribution is -2.11. The Bertz CT molecular complexity index is 516. The van der Waals surface area contributed by atoms with Crippen LogP contribution in [0.2, 0.25) is 0 Å². The fourth-order valence-electron chi connectivity index (χ4n) is 2.37. The lowest BCUT2D eigenvalue weighted by Gasteiger charge is -2.07. The number of ether oxygens (including phenoxy) is 2. The molecule has 0 fully saturated rings. The van der Waals surface area contributed by atoms with Gasteiger partial charge >= 0.3 is 11.9 Å². The summed E-state index contributed by atoms with van der Waals surface area (Å²) < 4.78 is 11.2. The summed E-state index contributed by atoms with van der Waals surface area (Å²) in [5.74, 6) is -0.715. The highest BCUT2D eigenvalue weighted by atomic mass is 79.9. The van der Waals surface area contributed by atoms with Gasteiger partial charge in [-0.1, -0.05) is 79.6 Å². The van der Waals surface area contributed by atoms with Crippen LogP contribution in [0.1, 0.15) is 70.3 Å². The van der Waals surface area contributed by atoms with Gasteiger partial charge in [0.15, 0.2) is 0 Å². The summed E-state index contributed by atoms with van der Waals surface area (Å²) in [7, 11) is 0. The number of esters is 2. The van der Waals surface area contributed by atoms with E-state index in [0.717, 1.165) is 22.9 Å². The van der Waals surface area contributed by atoms with Gasteiger partial charge in [0.25, 0.3) is 0 Å². The summed E-state index contributed by atoms with van der Waals surface area (Å²) >= 11 is 3.40. The van der Waals surface area contributed by atoms with E-state index < -0.39 is 0 Å². The van der Waals surface area contributed by atoms with Crippen molar-refractivity contribution in [3.63, 3.8) is 0 Å². The van der Waals surface area contributed by atoms with Crippen molar-refractivity contribution in [3.8, 4) is 0 Å². The Morgan fingerprint density at radius 3 is 2.16 bits per heavy atom. The van der Waals surface area contributed by atoms with E-state index in [1.54, 1.807) is 0 Å². The quantitative estimate of drug-likeness (QED) is 0.314. The molecule has 0 saturated carbocycles. The van der Waals surface area contributed by atoms with Gasteiger partial charge in [0.05, 0.1) is 19.4 Å². The minimum Gasteiger partial charge on any atom is -0.466 e. The standard InChI is InChI=1S/C20H29BrO4/c1-2-3-4-5-6-7-10-15-24-19(22)13-14-20(23)25-16-17-11-8-9-12-18(17)21/h8-9,11-12H,2-7,10,13-16H2,1H3. The van der Waals surface area contributed by atoms with Gasteiger partial charge in [0.2, 0.25) is 0 Å². The first-order valence-electron chi connectivity index (χ1n) is 9.18. The molecule has 0 radical (unpaired) electrons. The third-order valence-electron chi connectivity index (χ3n) is 3.89. The van der Waals surface area contributed by atoms with Gasteiger partial charge in [-0.3, -0.25) is 9.59 Å². The minimum atomic E-state index is -0.386. The molecule has 4 nitrogen and oxygen atoms in total. The second-order valence-electron chi connectivity index (χ2n) is 6.09. The van der Waals surface area contributed by atoms with Crippen LogP contribution < -0.4 is 0 Å². The molecule has 0 aliphatic rings. The second kappa shape index (κ2) is 13.9. The van der Waals surface area contributed by atoms with E-state index in [1.165, 1.54) is 32.1 Å². The molecule has 25 heavy (non-hydrogen) atoms. The van der Waals surface area contributed by atoms with Crippen molar-refractivity contribution in [3.05, 3.63) is 34.3 Å². The number of benzene rings is 1. The van der Waals surface area contributed by atoms with Crippen LogP contribution in [0, 0.1) is 0 Å². The molecular weight excluding hydrogens is 384 g/mol. The number of halogens is 1. The summed E-state index contributed by atoms with van der Waals surface area (Å²) in [4.78, 5) is 23.3. The molecule has 1 aromatic carbocycles. The summed E-state index contributed by atoms with van der Waals surface area (Å²) in [6.45, 7) is 2.85. The largest absolute Gasteiger partial charge is 0.466 e. The highest BCUT2D eigenvalue weighted by Gasteiger charge is 2.10. The normalized spacial score (nSPS) is 10.5. The van der Waals surface area contributed by atoms with E-state index in [4.69, 9.17) is 9.47 Å². The van der Waals surface area contributed by atoms with Gasteiger partial charge in [0.1, 0.15) is 6.61 Å². The zero-order valence-corrected chi connectivity index (χ0v) is 16.7. The van der Waals surface area contributed by atoms with Crippen LogP contribution in [0.5, 0.6) is 0 Å². The van der Waals surface area contributed by atoms with Crippen molar-refractivity contribution < 1.29 is 19.1 Å². The molecule has 5 heteroatoms. The summed E-state index contributed by atoms with van der Waals surface area (Å²) in [6, 6.07) is 7.56. The van der Waals surface area contributed by atoms with E-state index in [9.17, 15) is 9.59 Å². The fraction of sp³-hybridized carbons (Fsp3) is 0.600. The van der Waals surface area contributed by atoms with Gasteiger partial charge in [-0.15, -0.1) is 0 Å². The molecular formula is C20H29BrO4. The summed E-state index contributed by atoms with van der Waals surface area (Å²) in [6.07, 6.45) is 8.40. The molecule has 140 valence electrons. The number of hydrogen-bond acceptors (Lipinski definition) is 4. The summed E-state index contributed by atoms with van der Waals surface area (Å²) in [5, 5.41) is 0. The van der Waals surface area contributed by atoms with E-state index in [2.05, 4.69) is 22.9 Å². The number of hydrogen-bond donors (Lipinski definition) is 0. The Morgan fingerprint density at radius 2 is 1.48 bits per heavy atom. The maximum absolute atomic E-state index is 11.7. The first-order valence-corrected chi connectivity index (χ1v) is 9.97. The number of rotatable bonds is 13. The van der Waals surface area contributed by atoms with Crippen LogP contribution in [-0.4, -0.2) is 18.5 Å². The molecule has 1 rings (SSSR count). The van der Waals surface area contributed by atoms with Crippen molar-refractivity contribution >= 4 is 27.9 Å². The predicted molar refractivity (Wildman–Crippen MR) is 102 cm³/mol. The number of carbonyl (C=O) groups excluding carboxylic acids is 2. The highest BCUT2D eigenvalue weighted by Crippen LogP contribution is 2.17. The van der Waals surface area contributed by atoms with Gasteiger partial charge in [-0.25, -0.2) is 0 Å². The van der Waals surface area contributed by atoms with Crippen LogP contribution in [-0.2, 0) is 25.7 Å². The van der Waals surface area contributed by atoms with Gasteiger partial charge in [-0.2, -0.15) is 0 Å². The Hall–Kier alpha value is -1.36. The number of carbonyl (C=O) groups is 2. The fourth-order valence-corrected chi connectivity index (χ4v) is 2.77. The van der Waals surface area contributed by atoms with Crippen molar-refractivity contribution in [2.75, 3.05) is 6.61 Å². The molecule has 0 amide bonds. The van der Waals surface area contributed by atoms with Gasteiger partial charge in [0, 0.05) is 10.0 Å².